The molecule has 1 aliphatic heterocycles. The van der Waals surface area contributed by atoms with Crippen molar-refractivity contribution in [3.63, 3.8) is 0 Å². The molecule has 0 aromatic heterocycles. The molecule has 0 radical (unpaired) electrons. The SMILES string of the molecule is COc1cc(NC2C(N)C3CCCOC32)cc([N+](=O)[O-])c1. The second-order valence-electron chi connectivity index (χ2n) is 5.57. The molecule has 1 aromatic rings. The van der Waals surface area contributed by atoms with Crippen LogP contribution in [0.4, 0.5) is 11.4 Å². The third-order valence-corrected chi connectivity index (χ3v) is 4.35. The van der Waals surface area contributed by atoms with Gasteiger partial charge in [-0.3, -0.25) is 10.1 Å². The van der Waals surface area contributed by atoms with Crippen LogP contribution in [0.15, 0.2) is 18.2 Å². The summed E-state index contributed by atoms with van der Waals surface area (Å²) in [6.45, 7) is 0.754. The van der Waals surface area contributed by atoms with Crippen LogP contribution in [0.5, 0.6) is 5.75 Å². The average Bonchev–Trinajstić information content (AvgIpc) is 2.51. The first-order valence-corrected chi connectivity index (χ1v) is 7.07. The van der Waals surface area contributed by atoms with Crippen molar-refractivity contribution < 1.29 is 14.4 Å². The van der Waals surface area contributed by atoms with Crippen molar-refractivity contribution in [2.45, 2.75) is 31.0 Å². The summed E-state index contributed by atoms with van der Waals surface area (Å²) in [5.41, 5.74) is 6.81. The van der Waals surface area contributed by atoms with Gasteiger partial charge in [0.1, 0.15) is 5.75 Å². The summed E-state index contributed by atoms with van der Waals surface area (Å²) in [6.07, 6.45) is 2.23. The molecule has 0 bridgehead atoms. The van der Waals surface area contributed by atoms with E-state index in [9.17, 15) is 10.1 Å². The van der Waals surface area contributed by atoms with Crippen LogP contribution in [0, 0.1) is 16.0 Å². The maximum absolute atomic E-state index is 11.0. The molecule has 1 aromatic carbocycles. The number of non-ortho nitro benzene ring substituents is 1. The van der Waals surface area contributed by atoms with E-state index in [1.54, 1.807) is 6.07 Å². The molecular formula is C14H19N3O4. The van der Waals surface area contributed by atoms with E-state index in [1.165, 1.54) is 19.2 Å². The zero-order valence-corrected chi connectivity index (χ0v) is 11.8. The van der Waals surface area contributed by atoms with E-state index < -0.39 is 4.92 Å². The van der Waals surface area contributed by atoms with Gasteiger partial charge in [-0.25, -0.2) is 0 Å². The normalized spacial score (nSPS) is 31.0. The Balaban J connectivity index is 1.78. The molecule has 114 valence electrons. The zero-order chi connectivity index (χ0) is 15.0. The molecular weight excluding hydrogens is 274 g/mol. The van der Waals surface area contributed by atoms with Crippen molar-refractivity contribution in [1.82, 2.24) is 0 Å². The zero-order valence-electron chi connectivity index (χ0n) is 11.8. The fraction of sp³-hybridized carbons (Fsp3) is 0.571. The number of anilines is 1. The van der Waals surface area contributed by atoms with Gasteiger partial charge in [0.15, 0.2) is 0 Å². The summed E-state index contributed by atoms with van der Waals surface area (Å²) in [7, 11) is 1.48. The van der Waals surface area contributed by atoms with Gasteiger partial charge < -0.3 is 20.5 Å². The highest BCUT2D eigenvalue weighted by molar-refractivity contribution is 5.57. The third-order valence-electron chi connectivity index (χ3n) is 4.35. The Morgan fingerprint density at radius 1 is 1.48 bits per heavy atom. The van der Waals surface area contributed by atoms with Crippen molar-refractivity contribution in [3.8, 4) is 5.75 Å². The number of nitrogens with zero attached hydrogens (tertiary/aromatic N) is 1. The van der Waals surface area contributed by atoms with Crippen molar-refractivity contribution >= 4 is 11.4 Å². The van der Waals surface area contributed by atoms with Gasteiger partial charge in [-0.15, -0.1) is 0 Å². The van der Waals surface area contributed by atoms with E-state index in [0.717, 1.165) is 19.4 Å². The minimum absolute atomic E-state index is 0.00847. The third kappa shape index (κ3) is 2.54. The molecule has 3 N–H and O–H groups in total. The lowest BCUT2D eigenvalue weighted by Crippen LogP contribution is -2.69. The van der Waals surface area contributed by atoms with E-state index in [1.807, 2.05) is 0 Å². The molecule has 2 fully saturated rings. The number of benzene rings is 1. The maximum atomic E-state index is 11.0. The van der Waals surface area contributed by atoms with Gasteiger partial charge in [0, 0.05) is 36.4 Å². The second kappa shape index (κ2) is 5.50. The molecule has 7 heteroatoms. The van der Waals surface area contributed by atoms with Crippen LogP contribution in [0.25, 0.3) is 0 Å². The molecule has 0 spiro atoms. The Bertz CT molecular complexity index is 551. The molecule has 1 heterocycles. The minimum atomic E-state index is -0.436. The second-order valence-corrected chi connectivity index (χ2v) is 5.57. The van der Waals surface area contributed by atoms with E-state index in [4.69, 9.17) is 15.2 Å². The standard InChI is InChI=1S/C14H19N3O4/c1-20-10-6-8(5-9(7-10)17(18)19)16-13-12(15)11-3-2-4-21-14(11)13/h5-7,11-14,16H,2-4,15H2,1H3. The van der Waals surface area contributed by atoms with Gasteiger partial charge in [-0.1, -0.05) is 0 Å². The van der Waals surface area contributed by atoms with E-state index in [0.29, 0.717) is 17.4 Å². The number of methoxy groups -OCH3 is 1. The Morgan fingerprint density at radius 3 is 3.00 bits per heavy atom. The van der Waals surface area contributed by atoms with E-state index in [2.05, 4.69) is 5.32 Å². The Labute approximate surface area is 122 Å². The predicted molar refractivity (Wildman–Crippen MR) is 77.5 cm³/mol. The van der Waals surface area contributed by atoms with Crippen LogP contribution >= 0.6 is 0 Å². The molecule has 1 saturated heterocycles. The monoisotopic (exact) mass is 293 g/mol. The van der Waals surface area contributed by atoms with Gasteiger partial charge in [-0.2, -0.15) is 0 Å². The molecule has 7 nitrogen and oxygen atoms in total. The van der Waals surface area contributed by atoms with E-state index in [-0.39, 0.29) is 23.9 Å². The van der Waals surface area contributed by atoms with Gasteiger partial charge in [0.05, 0.1) is 30.2 Å². The lowest BCUT2D eigenvalue weighted by Gasteiger charge is -2.52. The topological polar surface area (TPSA) is 99.7 Å². The number of rotatable bonds is 4. The Kier molecular flexibility index (Phi) is 3.69. The highest BCUT2D eigenvalue weighted by atomic mass is 16.6. The van der Waals surface area contributed by atoms with Gasteiger partial charge >= 0.3 is 0 Å². The van der Waals surface area contributed by atoms with Crippen molar-refractivity contribution in [3.05, 3.63) is 28.3 Å². The lowest BCUT2D eigenvalue weighted by molar-refractivity contribution is -0.384. The summed E-state index contributed by atoms with van der Waals surface area (Å²) in [4.78, 5) is 10.5. The first-order chi connectivity index (χ1) is 10.1. The molecule has 4 atom stereocenters. The van der Waals surface area contributed by atoms with Crippen LogP contribution in [0.1, 0.15) is 12.8 Å². The van der Waals surface area contributed by atoms with Crippen LogP contribution in [-0.4, -0.2) is 36.8 Å². The van der Waals surface area contributed by atoms with Gasteiger partial charge in [0.25, 0.3) is 5.69 Å². The lowest BCUT2D eigenvalue weighted by atomic mass is 9.68. The molecule has 1 aliphatic carbocycles. The average molecular weight is 293 g/mol. The number of nitro groups is 1. The first kappa shape index (κ1) is 14.1. The number of fused-ring (bicyclic) bond motifs is 1. The molecule has 2 aliphatic rings. The van der Waals surface area contributed by atoms with Gasteiger partial charge in [0.2, 0.25) is 0 Å². The highest BCUT2D eigenvalue weighted by Crippen LogP contribution is 2.39. The largest absolute Gasteiger partial charge is 0.496 e. The Morgan fingerprint density at radius 2 is 2.29 bits per heavy atom. The molecule has 0 amide bonds. The van der Waals surface area contributed by atoms with Crippen molar-refractivity contribution in [2.24, 2.45) is 11.7 Å². The summed E-state index contributed by atoms with van der Waals surface area (Å²) >= 11 is 0. The summed E-state index contributed by atoms with van der Waals surface area (Å²) in [5, 5.41) is 14.2. The highest BCUT2D eigenvalue weighted by Gasteiger charge is 2.50. The Hall–Kier alpha value is -1.86. The van der Waals surface area contributed by atoms with Gasteiger partial charge in [-0.05, 0) is 12.8 Å². The molecule has 21 heavy (non-hydrogen) atoms. The number of hydrogen-bond acceptors (Lipinski definition) is 6. The fourth-order valence-electron chi connectivity index (χ4n) is 3.21. The van der Waals surface area contributed by atoms with Crippen molar-refractivity contribution in [1.29, 1.82) is 0 Å². The fourth-order valence-corrected chi connectivity index (χ4v) is 3.21. The quantitative estimate of drug-likeness (QED) is 0.645. The van der Waals surface area contributed by atoms with Crippen LogP contribution < -0.4 is 15.8 Å². The van der Waals surface area contributed by atoms with Crippen molar-refractivity contribution in [2.75, 3.05) is 19.0 Å². The molecule has 3 rings (SSSR count). The summed E-state index contributed by atoms with van der Waals surface area (Å²) in [5.74, 6) is 0.831. The predicted octanol–water partition coefficient (Wildman–Crippen LogP) is 1.52. The number of nitro benzene ring substituents is 1. The number of nitrogens with two attached hydrogens (primary N) is 1. The molecule has 1 saturated carbocycles. The number of ether oxygens (including phenoxy) is 2. The smallest absolute Gasteiger partial charge is 0.275 e. The van der Waals surface area contributed by atoms with Crippen LogP contribution in [0.2, 0.25) is 0 Å². The maximum Gasteiger partial charge on any atom is 0.275 e. The van der Waals surface area contributed by atoms with Crippen LogP contribution in [-0.2, 0) is 4.74 Å². The van der Waals surface area contributed by atoms with Crippen LogP contribution in [0.3, 0.4) is 0 Å². The first-order valence-electron chi connectivity index (χ1n) is 7.07. The summed E-state index contributed by atoms with van der Waals surface area (Å²) < 4.78 is 10.9. The molecule has 4 unspecified atom stereocenters. The van der Waals surface area contributed by atoms with E-state index >= 15 is 0 Å². The number of nitrogens with one attached hydrogen (secondary N) is 1. The summed E-state index contributed by atoms with van der Waals surface area (Å²) in [6, 6.07) is 4.62. The minimum Gasteiger partial charge on any atom is -0.496 e. The number of hydrogen-bond donors (Lipinski definition) is 2.